The summed E-state index contributed by atoms with van der Waals surface area (Å²) in [5, 5.41) is 3.37. The number of hydrogen-bond donors (Lipinski definition) is 1. The second kappa shape index (κ2) is 3.56. The number of nitrogens with one attached hydrogen (secondary N) is 1. The third-order valence-corrected chi connectivity index (χ3v) is 2.88. The van der Waals surface area contributed by atoms with Gasteiger partial charge in [-0.15, -0.1) is 0 Å². The number of nitrogens with zero attached hydrogens (tertiary/aromatic N) is 2. The van der Waals surface area contributed by atoms with Crippen LogP contribution in [0.3, 0.4) is 0 Å². The monoisotopic (exact) mass is 191 g/mol. The molecule has 1 aromatic heterocycles. The number of rotatable bonds is 3. The van der Waals surface area contributed by atoms with Crippen molar-refractivity contribution in [1.82, 2.24) is 9.97 Å². The zero-order chi connectivity index (χ0) is 10.1. The van der Waals surface area contributed by atoms with Gasteiger partial charge in [-0.1, -0.05) is 6.92 Å². The van der Waals surface area contributed by atoms with Crippen LogP contribution in [0.15, 0.2) is 6.20 Å². The van der Waals surface area contributed by atoms with E-state index in [9.17, 15) is 0 Å². The van der Waals surface area contributed by atoms with Crippen molar-refractivity contribution in [3.63, 3.8) is 0 Å². The summed E-state index contributed by atoms with van der Waals surface area (Å²) in [6, 6.07) is 0. The molecule has 3 nitrogen and oxygen atoms in total. The molecule has 1 aliphatic carbocycles. The fourth-order valence-electron chi connectivity index (χ4n) is 1.62. The van der Waals surface area contributed by atoms with Crippen molar-refractivity contribution in [1.29, 1.82) is 0 Å². The number of aryl methyl sites for hydroxylation is 2. The summed E-state index contributed by atoms with van der Waals surface area (Å²) in [6.07, 6.45) is 3.16. The highest BCUT2D eigenvalue weighted by Gasteiger charge is 2.32. The first-order valence-electron chi connectivity index (χ1n) is 5.21. The molecule has 2 unspecified atom stereocenters. The van der Waals surface area contributed by atoms with Crippen LogP contribution in [-0.2, 0) is 0 Å². The summed E-state index contributed by atoms with van der Waals surface area (Å²) in [4.78, 5) is 8.69. The first kappa shape index (κ1) is 9.44. The fraction of sp³-hybridized carbons (Fsp3) is 0.636. The van der Waals surface area contributed by atoms with Gasteiger partial charge >= 0.3 is 0 Å². The van der Waals surface area contributed by atoms with Crippen molar-refractivity contribution in [2.75, 3.05) is 11.9 Å². The third kappa shape index (κ3) is 2.03. The van der Waals surface area contributed by atoms with E-state index in [0.717, 1.165) is 35.6 Å². The van der Waals surface area contributed by atoms with Crippen molar-refractivity contribution < 1.29 is 0 Å². The Morgan fingerprint density at radius 2 is 2.21 bits per heavy atom. The fourth-order valence-corrected chi connectivity index (χ4v) is 1.62. The number of anilines is 1. The summed E-state index contributed by atoms with van der Waals surface area (Å²) in [5.74, 6) is 2.68. The Bertz CT molecular complexity index is 335. The molecule has 0 spiro atoms. The van der Waals surface area contributed by atoms with Crippen molar-refractivity contribution in [3.8, 4) is 0 Å². The highest BCUT2D eigenvalue weighted by molar-refractivity contribution is 5.39. The highest BCUT2D eigenvalue weighted by atomic mass is 15.0. The molecule has 2 rings (SSSR count). The van der Waals surface area contributed by atoms with Crippen LogP contribution in [0, 0.1) is 25.7 Å². The van der Waals surface area contributed by atoms with Gasteiger partial charge in [-0.05, 0) is 32.1 Å². The Morgan fingerprint density at radius 3 is 2.86 bits per heavy atom. The standard InChI is InChI=1S/C11H17N3/c1-7-4-10(7)6-13-11-9(3)12-5-8(2)14-11/h5,7,10H,4,6H2,1-3H3,(H,13,14). The topological polar surface area (TPSA) is 37.8 Å². The lowest BCUT2D eigenvalue weighted by atomic mass is 10.3. The van der Waals surface area contributed by atoms with Gasteiger partial charge < -0.3 is 5.32 Å². The van der Waals surface area contributed by atoms with Gasteiger partial charge in [0.15, 0.2) is 0 Å². The molecule has 1 N–H and O–H groups in total. The predicted octanol–water partition coefficient (Wildman–Crippen LogP) is 2.16. The molecule has 1 aromatic rings. The highest BCUT2D eigenvalue weighted by Crippen LogP contribution is 2.37. The Labute approximate surface area is 85.0 Å². The average molecular weight is 191 g/mol. The van der Waals surface area contributed by atoms with E-state index in [0.29, 0.717) is 0 Å². The molecule has 0 bridgehead atoms. The minimum Gasteiger partial charge on any atom is -0.368 e. The van der Waals surface area contributed by atoms with Crippen LogP contribution < -0.4 is 5.32 Å². The van der Waals surface area contributed by atoms with Crippen LogP contribution in [-0.4, -0.2) is 16.5 Å². The van der Waals surface area contributed by atoms with Crippen LogP contribution in [0.4, 0.5) is 5.82 Å². The van der Waals surface area contributed by atoms with E-state index in [1.165, 1.54) is 6.42 Å². The molecule has 0 amide bonds. The summed E-state index contributed by atoms with van der Waals surface area (Å²) < 4.78 is 0. The maximum atomic E-state index is 4.42. The van der Waals surface area contributed by atoms with Crippen molar-refractivity contribution >= 4 is 5.82 Å². The maximum Gasteiger partial charge on any atom is 0.147 e. The van der Waals surface area contributed by atoms with Gasteiger partial charge in [-0.2, -0.15) is 0 Å². The van der Waals surface area contributed by atoms with Crippen LogP contribution in [0.5, 0.6) is 0 Å². The molecule has 1 heterocycles. The largest absolute Gasteiger partial charge is 0.368 e. The van der Waals surface area contributed by atoms with E-state index in [1.807, 2.05) is 13.8 Å². The van der Waals surface area contributed by atoms with Gasteiger partial charge in [0, 0.05) is 12.7 Å². The molecular weight excluding hydrogens is 174 g/mol. The molecule has 1 aliphatic rings. The van der Waals surface area contributed by atoms with Crippen LogP contribution in [0.2, 0.25) is 0 Å². The molecule has 76 valence electrons. The third-order valence-electron chi connectivity index (χ3n) is 2.88. The van der Waals surface area contributed by atoms with Gasteiger partial charge in [0.2, 0.25) is 0 Å². The zero-order valence-electron chi connectivity index (χ0n) is 9.04. The Hall–Kier alpha value is -1.12. The maximum absolute atomic E-state index is 4.42. The minimum absolute atomic E-state index is 0.844. The van der Waals surface area contributed by atoms with E-state index in [1.54, 1.807) is 6.20 Å². The Balaban J connectivity index is 1.97. The minimum atomic E-state index is 0.844. The summed E-state index contributed by atoms with van der Waals surface area (Å²) >= 11 is 0. The SMILES string of the molecule is Cc1cnc(C)c(NCC2CC2C)n1. The van der Waals surface area contributed by atoms with Gasteiger partial charge in [0.05, 0.1) is 11.4 Å². The first-order valence-corrected chi connectivity index (χ1v) is 5.21. The molecule has 3 heteroatoms. The molecule has 0 radical (unpaired) electrons. The van der Waals surface area contributed by atoms with Crippen LogP contribution >= 0.6 is 0 Å². The van der Waals surface area contributed by atoms with Crippen LogP contribution in [0.1, 0.15) is 24.7 Å². The van der Waals surface area contributed by atoms with E-state index in [-0.39, 0.29) is 0 Å². The Kier molecular flexibility index (Phi) is 2.40. The molecule has 0 aliphatic heterocycles. The first-order chi connectivity index (χ1) is 6.66. The smallest absolute Gasteiger partial charge is 0.147 e. The van der Waals surface area contributed by atoms with E-state index < -0.39 is 0 Å². The molecule has 0 aromatic carbocycles. The molecule has 14 heavy (non-hydrogen) atoms. The second-order valence-electron chi connectivity index (χ2n) is 4.30. The summed E-state index contributed by atoms with van der Waals surface area (Å²) in [5.41, 5.74) is 1.96. The zero-order valence-corrected chi connectivity index (χ0v) is 9.04. The predicted molar refractivity (Wildman–Crippen MR) is 57.3 cm³/mol. The molecule has 2 atom stereocenters. The second-order valence-corrected chi connectivity index (χ2v) is 4.30. The molecule has 1 fully saturated rings. The van der Waals surface area contributed by atoms with Crippen molar-refractivity contribution in [3.05, 3.63) is 17.6 Å². The average Bonchev–Trinajstić information content (AvgIpc) is 2.84. The van der Waals surface area contributed by atoms with E-state index >= 15 is 0 Å². The van der Waals surface area contributed by atoms with Gasteiger partial charge in [0.25, 0.3) is 0 Å². The van der Waals surface area contributed by atoms with Gasteiger partial charge in [0.1, 0.15) is 5.82 Å². The normalized spacial score (nSPS) is 24.8. The summed E-state index contributed by atoms with van der Waals surface area (Å²) in [6.45, 7) is 7.30. The lowest BCUT2D eigenvalue weighted by Gasteiger charge is -2.07. The lowest BCUT2D eigenvalue weighted by molar-refractivity contribution is 0.782. The molecule has 0 saturated heterocycles. The van der Waals surface area contributed by atoms with Gasteiger partial charge in [-0.25, -0.2) is 4.98 Å². The quantitative estimate of drug-likeness (QED) is 0.795. The van der Waals surface area contributed by atoms with Crippen molar-refractivity contribution in [2.24, 2.45) is 11.8 Å². The number of aromatic nitrogens is 2. The lowest BCUT2D eigenvalue weighted by Crippen LogP contribution is -2.08. The van der Waals surface area contributed by atoms with Crippen LogP contribution in [0.25, 0.3) is 0 Å². The van der Waals surface area contributed by atoms with E-state index in [4.69, 9.17) is 0 Å². The van der Waals surface area contributed by atoms with Crippen molar-refractivity contribution in [2.45, 2.75) is 27.2 Å². The van der Waals surface area contributed by atoms with E-state index in [2.05, 4.69) is 22.2 Å². The van der Waals surface area contributed by atoms with Gasteiger partial charge in [-0.3, -0.25) is 4.98 Å². The number of hydrogen-bond acceptors (Lipinski definition) is 3. The molecular formula is C11H17N3. The Morgan fingerprint density at radius 1 is 1.50 bits per heavy atom. The summed E-state index contributed by atoms with van der Waals surface area (Å²) in [7, 11) is 0. The molecule has 1 saturated carbocycles.